The Kier molecular flexibility index (Phi) is 7.40. The summed E-state index contributed by atoms with van der Waals surface area (Å²) >= 11 is 7.58. The third-order valence-corrected chi connectivity index (χ3v) is 6.88. The van der Waals surface area contributed by atoms with E-state index < -0.39 is 0 Å². The summed E-state index contributed by atoms with van der Waals surface area (Å²) in [6.07, 6.45) is 0. The number of halogens is 1. The second-order valence-electron chi connectivity index (χ2n) is 8.23. The van der Waals surface area contributed by atoms with Crippen molar-refractivity contribution in [3.63, 3.8) is 0 Å². The maximum atomic E-state index is 12.4. The molecule has 1 aliphatic heterocycles. The van der Waals surface area contributed by atoms with Gasteiger partial charge in [0.25, 0.3) is 0 Å². The number of hydrogen-bond acceptors (Lipinski definition) is 6. The van der Waals surface area contributed by atoms with Gasteiger partial charge in [-0.3, -0.25) is 4.79 Å². The zero-order valence-electron chi connectivity index (χ0n) is 19.1. The number of thioether (sulfide) groups is 1. The Morgan fingerprint density at radius 2 is 1.67 bits per heavy atom. The molecule has 33 heavy (non-hydrogen) atoms. The van der Waals surface area contributed by atoms with Crippen LogP contribution in [-0.4, -0.2) is 47.8 Å². The zero-order chi connectivity index (χ0) is 23.4. The van der Waals surface area contributed by atoms with Crippen molar-refractivity contribution < 1.29 is 4.79 Å². The lowest BCUT2D eigenvalue weighted by Crippen LogP contribution is -2.47. The van der Waals surface area contributed by atoms with Crippen LogP contribution in [0, 0.1) is 20.8 Å². The summed E-state index contributed by atoms with van der Waals surface area (Å²) in [6, 6.07) is 16.2. The van der Waals surface area contributed by atoms with Crippen molar-refractivity contribution in [1.82, 2.24) is 9.97 Å². The number of para-hydroxylation sites is 1. The van der Waals surface area contributed by atoms with Crippen LogP contribution in [0.15, 0.2) is 53.7 Å². The Labute approximate surface area is 204 Å². The van der Waals surface area contributed by atoms with Gasteiger partial charge in [-0.1, -0.05) is 47.6 Å². The molecular formula is C25H28ClN5OS. The van der Waals surface area contributed by atoms with Crippen molar-refractivity contribution in [3.05, 3.63) is 70.4 Å². The Balaban J connectivity index is 1.35. The maximum absolute atomic E-state index is 12.4. The first kappa shape index (κ1) is 23.4. The maximum Gasteiger partial charge on any atom is 0.234 e. The molecule has 3 aromatic rings. The van der Waals surface area contributed by atoms with Crippen LogP contribution in [0.1, 0.15) is 16.7 Å². The van der Waals surface area contributed by atoms with E-state index in [1.54, 1.807) is 6.07 Å². The Hall–Kier alpha value is -2.77. The number of rotatable bonds is 6. The summed E-state index contributed by atoms with van der Waals surface area (Å²) in [5.41, 5.74) is 5.70. The molecule has 1 aliphatic rings. The minimum Gasteiger partial charge on any atom is -0.368 e. The van der Waals surface area contributed by atoms with Gasteiger partial charge in [0.15, 0.2) is 5.16 Å². The quantitative estimate of drug-likeness (QED) is 0.300. The standard InChI is InChI=1S/C25H28ClN5OS/c1-17-8-9-20(14-19(17)3)27-24(32)16-33-25-28-22(26)15-23(29-25)31-12-10-30(11-13-31)21-7-5-4-6-18(21)2/h4-9,14-15H,10-13,16H2,1-3H3,(H,27,32). The number of nitrogens with zero attached hydrogens (tertiary/aromatic N) is 4. The Morgan fingerprint density at radius 3 is 2.39 bits per heavy atom. The molecule has 172 valence electrons. The monoisotopic (exact) mass is 481 g/mol. The molecule has 2 aromatic carbocycles. The van der Waals surface area contributed by atoms with Gasteiger partial charge in [-0.2, -0.15) is 0 Å². The van der Waals surface area contributed by atoms with E-state index in [2.05, 4.69) is 56.3 Å². The number of anilines is 3. The first-order valence-electron chi connectivity index (χ1n) is 11.0. The van der Waals surface area contributed by atoms with Crippen molar-refractivity contribution in [3.8, 4) is 0 Å². The molecule has 0 saturated carbocycles. The highest BCUT2D eigenvalue weighted by Crippen LogP contribution is 2.26. The van der Waals surface area contributed by atoms with Crippen molar-refractivity contribution >= 4 is 46.5 Å². The molecule has 6 nitrogen and oxygen atoms in total. The number of carbonyl (C=O) groups is 1. The number of piperazine rings is 1. The second-order valence-corrected chi connectivity index (χ2v) is 9.56. The average Bonchev–Trinajstić information content (AvgIpc) is 2.80. The second kappa shape index (κ2) is 10.4. The number of hydrogen-bond donors (Lipinski definition) is 1. The summed E-state index contributed by atoms with van der Waals surface area (Å²) in [4.78, 5) is 26.0. The fourth-order valence-electron chi connectivity index (χ4n) is 3.85. The number of aromatic nitrogens is 2. The zero-order valence-corrected chi connectivity index (χ0v) is 20.7. The van der Waals surface area contributed by atoms with Crippen molar-refractivity contribution in [2.24, 2.45) is 0 Å². The molecule has 2 heterocycles. The van der Waals surface area contributed by atoms with Gasteiger partial charge in [-0.15, -0.1) is 0 Å². The lowest BCUT2D eigenvalue weighted by atomic mass is 10.1. The van der Waals surface area contributed by atoms with Gasteiger partial charge in [-0.05, 0) is 55.7 Å². The smallest absolute Gasteiger partial charge is 0.234 e. The predicted octanol–water partition coefficient (Wildman–Crippen LogP) is 5.11. The van der Waals surface area contributed by atoms with Crippen LogP contribution >= 0.6 is 23.4 Å². The van der Waals surface area contributed by atoms with E-state index in [9.17, 15) is 4.79 Å². The molecule has 8 heteroatoms. The molecule has 1 fully saturated rings. The van der Waals surface area contributed by atoms with Crippen LogP contribution in [0.4, 0.5) is 17.2 Å². The predicted molar refractivity (Wildman–Crippen MR) is 138 cm³/mol. The van der Waals surface area contributed by atoms with Gasteiger partial charge in [0.2, 0.25) is 5.91 Å². The van der Waals surface area contributed by atoms with Crippen molar-refractivity contribution in [2.75, 3.05) is 47.0 Å². The summed E-state index contributed by atoms with van der Waals surface area (Å²) in [6.45, 7) is 9.74. The molecule has 1 N–H and O–H groups in total. The molecule has 1 saturated heterocycles. The molecule has 0 atom stereocenters. The van der Waals surface area contributed by atoms with E-state index in [0.29, 0.717) is 10.3 Å². The van der Waals surface area contributed by atoms with Gasteiger partial charge >= 0.3 is 0 Å². The first-order chi connectivity index (χ1) is 15.9. The Bertz CT molecular complexity index is 1150. The van der Waals surface area contributed by atoms with E-state index in [1.807, 2.05) is 32.0 Å². The van der Waals surface area contributed by atoms with E-state index >= 15 is 0 Å². The van der Waals surface area contributed by atoms with Gasteiger partial charge in [0.1, 0.15) is 11.0 Å². The van der Waals surface area contributed by atoms with Crippen LogP contribution in [0.3, 0.4) is 0 Å². The van der Waals surface area contributed by atoms with Crippen molar-refractivity contribution in [2.45, 2.75) is 25.9 Å². The lowest BCUT2D eigenvalue weighted by molar-refractivity contribution is -0.113. The largest absolute Gasteiger partial charge is 0.368 e. The van der Waals surface area contributed by atoms with Gasteiger partial charge < -0.3 is 15.1 Å². The highest BCUT2D eigenvalue weighted by molar-refractivity contribution is 7.99. The molecule has 0 bridgehead atoms. The lowest BCUT2D eigenvalue weighted by Gasteiger charge is -2.37. The SMILES string of the molecule is Cc1ccc(NC(=O)CSc2nc(Cl)cc(N3CCN(c4ccccc4C)CC3)n2)cc1C. The number of carbonyl (C=O) groups excluding carboxylic acids is 1. The normalized spacial score (nSPS) is 13.8. The van der Waals surface area contributed by atoms with Crippen molar-refractivity contribution in [1.29, 1.82) is 0 Å². The summed E-state index contributed by atoms with van der Waals surface area (Å²) < 4.78 is 0. The molecular weight excluding hydrogens is 454 g/mol. The fourth-order valence-corrected chi connectivity index (χ4v) is 4.73. The minimum absolute atomic E-state index is 0.0970. The molecule has 0 aliphatic carbocycles. The van der Waals surface area contributed by atoms with Crippen LogP contribution in [-0.2, 0) is 4.79 Å². The minimum atomic E-state index is -0.0970. The highest BCUT2D eigenvalue weighted by Gasteiger charge is 2.20. The van der Waals surface area contributed by atoms with Crippen LogP contribution in [0.2, 0.25) is 5.15 Å². The third kappa shape index (κ3) is 5.97. The third-order valence-electron chi connectivity index (χ3n) is 5.84. The number of benzene rings is 2. The van der Waals surface area contributed by atoms with E-state index in [4.69, 9.17) is 11.6 Å². The highest BCUT2D eigenvalue weighted by atomic mass is 35.5. The molecule has 0 radical (unpaired) electrons. The van der Waals surface area contributed by atoms with Gasteiger partial charge in [0, 0.05) is 43.6 Å². The van der Waals surface area contributed by atoms with Gasteiger partial charge in [0.05, 0.1) is 5.75 Å². The van der Waals surface area contributed by atoms with Gasteiger partial charge in [-0.25, -0.2) is 9.97 Å². The summed E-state index contributed by atoms with van der Waals surface area (Å²) in [5.74, 6) is 0.921. The van der Waals surface area contributed by atoms with E-state index in [-0.39, 0.29) is 11.7 Å². The molecule has 4 rings (SSSR count). The average molecular weight is 482 g/mol. The first-order valence-corrected chi connectivity index (χ1v) is 12.4. The van der Waals surface area contributed by atoms with Crippen LogP contribution in [0.5, 0.6) is 0 Å². The molecule has 1 amide bonds. The molecule has 0 spiro atoms. The molecule has 1 aromatic heterocycles. The number of aryl methyl sites for hydroxylation is 3. The Morgan fingerprint density at radius 1 is 0.939 bits per heavy atom. The summed E-state index contributed by atoms with van der Waals surface area (Å²) in [7, 11) is 0. The van der Waals surface area contributed by atoms with Crippen LogP contribution in [0.25, 0.3) is 0 Å². The number of nitrogens with one attached hydrogen (secondary N) is 1. The molecule has 0 unspecified atom stereocenters. The van der Waals surface area contributed by atoms with E-state index in [0.717, 1.165) is 43.2 Å². The van der Waals surface area contributed by atoms with Crippen LogP contribution < -0.4 is 15.1 Å². The number of amides is 1. The summed E-state index contributed by atoms with van der Waals surface area (Å²) in [5, 5.41) is 3.83. The van der Waals surface area contributed by atoms with E-state index in [1.165, 1.54) is 28.6 Å². The topological polar surface area (TPSA) is 61.4 Å². The fraction of sp³-hybridized carbons (Fsp3) is 0.320.